The minimum absolute atomic E-state index is 0.000757. The molecule has 4 aromatic rings. The topological polar surface area (TPSA) is 95.7 Å². The van der Waals surface area contributed by atoms with E-state index in [2.05, 4.69) is 0 Å². The van der Waals surface area contributed by atoms with Crippen LogP contribution in [0.2, 0.25) is 0 Å². The normalized spacial score (nSPS) is 13.7. The van der Waals surface area contributed by atoms with Crippen molar-refractivity contribution in [3.8, 4) is 16.9 Å². The van der Waals surface area contributed by atoms with Crippen molar-refractivity contribution in [2.45, 2.75) is 99.1 Å². The Balaban J connectivity index is 0.00000235. The highest BCUT2D eigenvalue weighted by molar-refractivity contribution is 6.02. The smallest absolute Gasteiger partial charge is 0.419 e. The van der Waals surface area contributed by atoms with Crippen molar-refractivity contribution < 1.29 is 23.9 Å². The van der Waals surface area contributed by atoms with Gasteiger partial charge >= 0.3 is 12.1 Å². The van der Waals surface area contributed by atoms with E-state index in [1.807, 2.05) is 103 Å². The zero-order chi connectivity index (χ0) is 33.6. The molecule has 246 valence electrons. The molecule has 5 rings (SSSR count). The van der Waals surface area contributed by atoms with Gasteiger partial charge in [0, 0.05) is 23.5 Å². The van der Waals surface area contributed by atoms with Crippen molar-refractivity contribution in [3.63, 3.8) is 0 Å². The largest absolute Gasteiger partial charge is 0.462 e. The molecule has 0 saturated heterocycles. The molecule has 2 aromatic carbocycles. The number of fused-ring (bicyclic) bond motifs is 1. The molecule has 0 spiro atoms. The summed E-state index contributed by atoms with van der Waals surface area (Å²) in [4.78, 5) is 41.8. The van der Waals surface area contributed by atoms with Crippen molar-refractivity contribution in [3.05, 3.63) is 66.4 Å². The van der Waals surface area contributed by atoms with E-state index >= 15 is 0 Å². The van der Waals surface area contributed by atoms with E-state index in [1.54, 1.807) is 27.3 Å². The van der Waals surface area contributed by atoms with Crippen LogP contribution in [0.3, 0.4) is 0 Å². The number of amides is 1. The Morgan fingerprint density at radius 2 is 1.63 bits per heavy atom. The summed E-state index contributed by atoms with van der Waals surface area (Å²) in [6.07, 6.45) is 6.07. The average Bonchev–Trinajstić information content (AvgIpc) is 3.64. The van der Waals surface area contributed by atoms with Gasteiger partial charge in [-0.1, -0.05) is 63.4 Å². The second kappa shape index (κ2) is 14.8. The van der Waals surface area contributed by atoms with Gasteiger partial charge in [-0.15, -0.1) is 5.10 Å². The number of aromatic nitrogens is 3. The average molecular weight is 629 g/mol. The lowest BCUT2D eigenvalue weighted by atomic mass is 9.88. The standard InChI is InChI=1S/C35H42N4O5.C2H6/c1-7-43-33(41)28-22-37(36-31(28)38(23(2)3)32(40)25-13-9-8-10-14-25)27-19-17-24(18-20-27)30-21-26-15-11-12-16-29(26)39(30)34(42)44-35(4,5)6;1-2/h11-12,15-23,25H,7-10,13-14H2,1-6H3;1-2H3. The maximum Gasteiger partial charge on any atom is 0.419 e. The molecule has 2 heterocycles. The monoisotopic (exact) mass is 628 g/mol. The van der Waals surface area contributed by atoms with E-state index in [1.165, 1.54) is 0 Å². The minimum Gasteiger partial charge on any atom is -0.462 e. The number of hydrogen-bond donors (Lipinski definition) is 0. The number of rotatable bonds is 7. The van der Waals surface area contributed by atoms with Gasteiger partial charge in [-0.3, -0.25) is 9.69 Å². The molecule has 1 aliphatic carbocycles. The van der Waals surface area contributed by atoms with Crippen molar-refractivity contribution in [2.75, 3.05) is 11.5 Å². The van der Waals surface area contributed by atoms with Crippen molar-refractivity contribution in [1.29, 1.82) is 0 Å². The summed E-state index contributed by atoms with van der Waals surface area (Å²) in [6, 6.07) is 17.0. The molecule has 1 saturated carbocycles. The zero-order valence-electron chi connectivity index (χ0n) is 28.5. The fourth-order valence-electron chi connectivity index (χ4n) is 5.83. The number of esters is 1. The van der Waals surface area contributed by atoms with E-state index in [-0.39, 0.29) is 30.0 Å². The summed E-state index contributed by atoms with van der Waals surface area (Å²) in [7, 11) is 0. The molecule has 0 unspecified atom stereocenters. The third kappa shape index (κ3) is 7.52. The number of carbonyl (C=O) groups excluding carboxylic acids is 3. The predicted octanol–water partition coefficient (Wildman–Crippen LogP) is 8.80. The second-order valence-corrected chi connectivity index (χ2v) is 12.6. The van der Waals surface area contributed by atoms with Gasteiger partial charge < -0.3 is 9.47 Å². The molecule has 46 heavy (non-hydrogen) atoms. The van der Waals surface area contributed by atoms with Crippen LogP contribution in [0.1, 0.15) is 97.9 Å². The van der Waals surface area contributed by atoms with Gasteiger partial charge in [0.1, 0.15) is 11.2 Å². The lowest BCUT2D eigenvalue weighted by Crippen LogP contribution is -2.42. The van der Waals surface area contributed by atoms with Crippen LogP contribution < -0.4 is 4.90 Å². The predicted molar refractivity (Wildman–Crippen MR) is 183 cm³/mol. The number of nitrogens with zero attached hydrogens (tertiary/aromatic N) is 4. The first-order chi connectivity index (χ1) is 22.0. The maximum absolute atomic E-state index is 13.8. The van der Waals surface area contributed by atoms with Gasteiger partial charge in [0.15, 0.2) is 5.82 Å². The second-order valence-electron chi connectivity index (χ2n) is 12.6. The Morgan fingerprint density at radius 1 is 0.978 bits per heavy atom. The molecular formula is C37H48N4O5. The number of hydrogen-bond acceptors (Lipinski definition) is 6. The van der Waals surface area contributed by atoms with Gasteiger partial charge in [-0.05, 0) is 84.2 Å². The van der Waals surface area contributed by atoms with Crippen LogP contribution in [-0.4, -0.2) is 50.6 Å². The van der Waals surface area contributed by atoms with Crippen molar-refractivity contribution >= 4 is 34.7 Å². The summed E-state index contributed by atoms with van der Waals surface area (Å²) < 4.78 is 14.3. The Morgan fingerprint density at radius 3 is 2.24 bits per heavy atom. The van der Waals surface area contributed by atoms with E-state index in [0.29, 0.717) is 17.2 Å². The lowest BCUT2D eigenvalue weighted by molar-refractivity contribution is -0.123. The Kier molecular flexibility index (Phi) is 11.1. The van der Waals surface area contributed by atoms with Crippen LogP contribution in [0.25, 0.3) is 27.8 Å². The van der Waals surface area contributed by atoms with E-state index in [9.17, 15) is 14.4 Å². The molecule has 0 aliphatic heterocycles. The number of ether oxygens (including phenoxy) is 2. The molecule has 1 amide bonds. The highest BCUT2D eigenvalue weighted by atomic mass is 16.6. The van der Waals surface area contributed by atoms with Crippen LogP contribution >= 0.6 is 0 Å². The molecule has 9 heteroatoms. The summed E-state index contributed by atoms with van der Waals surface area (Å²) in [5.41, 5.74) is 2.56. The Bertz CT molecular complexity index is 1650. The zero-order valence-corrected chi connectivity index (χ0v) is 28.5. The SMILES string of the molecule is CC.CCOC(=O)c1cn(-c2ccc(-c3cc4ccccc4n3C(=O)OC(C)(C)C)cc2)nc1N(C(=O)C1CCCCC1)C(C)C. The van der Waals surface area contributed by atoms with Gasteiger partial charge in [0.05, 0.1) is 23.5 Å². The fraction of sp³-hybridized carbons (Fsp3) is 0.459. The molecule has 0 bridgehead atoms. The lowest BCUT2D eigenvalue weighted by Gasteiger charge is -2.31. The highest BCUT2D eigenvalue weighted by Gasteiger charge is 2.33. The Labute approximate surface area is 272 Å². The van der Waals surface area contributed by atoms with Crippen molar-refractivity contribution in [1.82, 2.24) is 14.3 Å². The summed E-state index contributed by atoms with van der Waals surface area (Å²) in [6.45, 7) is 15.4. The highest BCUT2D eigenvalue weighted by Crippen LogP contribution is 2.33. The summed E-state index contributed by atoms with van der Waals surface area (Å²) in [5.74, 6) is -0.291. The van der Waals surface area contributed by atoms with Crippen LogP contribution in [0.15, 0.2) is 60.8 Å². The van der Waals surface area contributed by atoms with E-state index in [0.717, 1.165) is 48.6 Å². The molecule has 2 aromatic heterocycles. The fourth-order valence-corrected chi connectivity index (χ4v) is 5.83. The van der Waals surface area contributed by atoms with Crippen LogP contribution in [0.5, 0.6) is 0 Å². The van der Waals surface area contributed by atoms with Gasteiger partial charge in [-0.25, -0.2) is 18.8 Å². The maximum atomic E-state index is 13.8. The number of benzene rings is 2. The first kappa shape index (κ1) is 34.5. The number of anilines is 1. The van der Waals surface area contributed by atoms with Crippen LogP contribution in [0, 0.1) is 5.92 Å². The molecule has 9 nitrogen and oxygen atoms in total. The first-order valence-electron chi connectivity index (χ1n) is 16.5. The molecule has 0 radical (unpaired) electrons. The van der Waals surface area contributed by atoms with E-state index in [4.69, 9.17) is 14.6 Å². The molecule has 1 aliphatic rings. The quantitative estimate of drug-likeness (QED) is 0.190. The minimum atomic E-state index is -0.653. The summed E-state index contributed by atoms with van der Waals surface area (Å²) >= 11 is 0. The molecule has 0 atom stereocenters. The van der Waals surface area contributed by atoms with Gasteiger partial charge in [0.2, 0.25) is 5.91 Å². The van der Waals surface area contributed by atoms with E-state index < -0.39 is 17.7 Å². The third-order valence-corrected chi connectivity index (χ3v) is 7.84. The third-order valence-electron chi connectivity index (χ3n) is 7.84. The molecular weight excluding hydrogens is 580 g/mol. The number of carbonyl (C=O) groups is 3. The van der Waals surface area contributed by atoms with Crippen molar-refractivity contribution in [2.24, 2.45) is 5.92 Å². The first-order valence-corrected chi connectivity index (χ1v) is 16.5. The van der Waals surface area contributed by atoms with Crippen LogP contribution in [-0.2, 0) is 14.3 Å². The van der Waals surface area contributed by atoms with Gasteiger partial charge in [-0.2, -0.15) is 0 Å². The van der Waals surface area contributed by atoms with Crippen LogP contribution in [0.4, 0.5) is 10.6 Å². The molecule has 1 fully saturated rings. The Hall–Kier alpha value is -4.40. The van der Waals surface area contributed by atoms with Gasteiger partial charge in [0.25, 0.3) is 0 Å². The molecule has 0 N–H and O–H groups in total. The summed E-state index contributed by atoms with van der Waals surface area (Å²) in [5, 5.41) is 5.71. The number of para-hydroxylation sites is 1.